The molecule has 3 rings (SSSR count). The molecule has 0 spiro atoms. The highest BCUT2D eigenvalue weighted by molar-refractivity contribution is 5.90. The average Bonchev–Trinajstić information content (AvgIpc) is 2.56. The first kappa shape index (κ1) is 14.2. The number of rotatable bonds is 5. The van der Waals surface area contributed by atoms with Gasteiger partial charge in [0.25, 0.3) is 0 Å². The van der Waals surface area contributed by atoms with Gasteiger partial charge in [-0.3, -0.25) is 4.79 Å². The van der Waals surface area contributed by atoms with Gasteiger partial charge in [-0.25, -0.2) is 9.97 Å². The molecule has 0 aliphatic carbocycles. The molecule has 0 saturated carbocycles. The molecule has 0 bridgehead atoms. The van der Waals surface area contributed by atoms with Crippen LogP contribution in [0.3, 0.4) is 0 Å². The topological polar surface area (TPSA) is 54.9 Å². The number of benzene rings is 2. The van der Waals surface area contributed by atoms with Crippen molar-refractivity contribution in [3.63, 3.8) is 0 Å². The third-order valence-electron chi connectivity index (χ3n) is 3.58. The van der Waals surface area contributed by atoms with Crippen LogP contribution in [-0.4, -0.2) is 22.4 Å². The fourth-order valence-electron chi connectivity index (χ4n) is 2.49. The van der Waals surface area contributed by atoms with Crippen molar-refractivity contribution in [3.8, 4) is 0 Å². The lowest BCUT2D eigenvalue weighted by Crippen LogP contribution is -2.27. The third kappa shape index (κ3) is 3.47. The predicted molar refractivity (Wildman–Crippen MR) is 86.4 cm³/mol. The van der Waals surface area contributed by atoms with Gasteiger partial charge in [-0.05, 0) is 28.3 Å². The number of hydrogen-bond donors (Lipinski definition) is 1. The largest absolute Gasteiger partial charge is 0.355 e. The molecule has 22 heavy (non-hydrogen) atoms. The summed E-state index contributed by atoms with van der Waals surface area (Å²) in [4.78, 5) is 20.0. The van der Waals surface area contributed by atoms with Crippen LogP contribution < -0.4 is 5.32 Å². The maximum absolute atomic E-state index is 12.1. The number of carbonyl (C=O) groups is 1. The average molecular weight is 291 g/mol. The van der Waals surface area contributed by atoms with Gasteiger partial charge in [0, 0.05) is 18.9 Å². The van der Waals surface area contributed by atoms with Crippen molar-refractivity contribution in [1.82, 2.24) is 15.3 Å². The molecule has 0 unspecified atom stereocenters. The Morgan fingerprint density at radius 2 is 1.77 bits per heavy atom. The van der Waals surface area contributed by atoms with Crippen molar-refractivity contribution in [2.45, 2.75) is 12.8 Å². The van der Waals surface area contributed by atoms with Gasteiger partial charge in [0.05, 0.1) is 6.42 Å². The lowest BCUT2D eigenvalue weighted by molar-refractivity contribution is -0.120. The fraction of sp³-hybridized carbons (Fsp3) is 0.167. The molecule has 0 atom stereocenters. The minimum absolute atomic E-state index is 0.0354. The van der Waals surface area contributed by atoms with E-state index < -0.39 is 0 Å². The molecule has 0 saturated heterocycles. The van der Waals surface area contributed by atoms with Gasteiger partial charge in [-0.2, -0.15) is 0 Å². The molecule has 1 heterocycles. The SMILES string of the molecule is O=C(Cc1cccc2ccccc12)NCCc1cncnc1. The Bertz CT molecular complexity index is 766. The smallest absolute Gasteiger partial charge is 0.224 e. The molecule has 0 aliphatic heterocycles. The maximum Gasteiger partial charge on any atom is 0.224 e. The minimum atomic E-state index is 0.0354. The Balaban J connectivity index is 1.59. The summed E-state index contributed by atoms with van der Waals surface area (Å²) in [7, 11) is 0. The second-order valence-electron chi connectivity index (χ2n) is 5.16. The van der Waals surface area contributed by atoms with Crippen LogP contribution in [0.2, 0.25) is 0 Å². The number of fused-ring (bicyclic) bond motifs is 1. The highest BCUT2D eigenvalue weighted by atomic mass is 16.1. The van der Waals surface area contributed by atoms with Crippen molar-refractivity contribution >= 4 is 16.7 Å². The van der Waals surface area contributed by atoms with Crippen molar-refractivity contribution in [3.05, 3.63) is 72.3 Å². The zero-order valence-corrected chi connectivity index (χ0v) is 12.2. The summed E-state index contributed by atoms with van der Waals surface area (Å²) in [6.45, 7) is 0.594. The monoisotopic (exact) mass is 291 g/mol. The zero-order chi connectivity index (χ0) is 15.2. The standard InChI is InChI=1S/C18H17N3O/c22-18(21-9-8-14-11-19-13-20-12-14)10-16-6-3-5-15-4-1-2-7-17(15)16/h1-7,11-13H,8-10H2,(H,21,22). The molecular formula is C18H17N3O. The number of nitrogens with zero attached hydrogens (tertiary/aromatic N) is 2. The van der Waals surface area contributed by atoms with E-state index in [1.165, 1.54) is 6.33 Å². The second-order valence-corrected chi connectivity index (χ2v) is 5.16. The van der Waals surface area contributed by atoms with Crippen molar-refractivity contribution < 1.29 is 4.79 Å². The van der Waals surface area contributed by atoms with E-state index in [-0.39, 0.29) is 5.91 Å². The molecule has 1 aromatic heterocycles. The normalized spacial score (nSPS) is 10.5. The highest BCUT2D eigenvalue weighted by Gasteiger charge is 2.06. The molecule has 1 amide bonds. The summed E-state index contributed by atoms with van der Waals surface area (Å²) >= 11 is 0. The van der Waals surface area contributed by atoms with E-state index in [2.05, 4.69) is 33.5 Å². The number of nitrogens with one attached hydrogen (secondary N) is 1. The van der Waals surface area contributed by atoms with Gasteiger partial charge in [0.2, 0.25) is 5.91 Å². The molecule has 0 radical (unpaired) electrons. The molecule has 2 aromatic carbocycles. The molecule has 4 nitrogen and oxygen atoms in total. The summed E-state index contributed by atoms with van der Waals surface area (Å²) in [5, 5.41) is 5.25. The van der Waals surface area contributed by atoms with Gasteiger partial charge < -0.3 is 5.32 Å². The summed E-state index contributed by atoms with van der Waals surface area (Å²) in [5.74, 6) is 0.0354. The molecule has 1 N–H and O–H groups in total. The number of hydrogen-bond acceptors (Lipinski definition) is 3. The Morgan fingerprint density at radius 1 is 1.00 bits per heavy atom. The van der Waals surface area contributed by atoms with Crippen LogP contribution in [0, 0.1) is 0 Å². The Labute approximate surface area is 129 Å². The van der Waals surface area contributed by atoms with Crippen LogP contribution in [0.1, 0.15) is 11.1 Å². The van der Waals surface area contributed by atoms with E-state index in [9.17, 15) is 4.79 Å². The minimum Gasteiger partial charge on any atom is -0.355 e. The fourth-order valence-corrected chi connectivity index (χ4v) is 2.49. The van der Waals surface area contributed by atoms with Crippen LogP contribution in [0.4, 0.5) is 0 Å². The van der Waals surface area contributed by atoms with Gasteiger partial charge in [-0.15, -0.1) is 0 Å². The van der Waals surface area contributed by atoms with Gasteiger partial charge in [-0.1, -0.05) is 42.5 Å². The van der Waals surface area contributed by atoms with E-state index >= 15 is 0 Å². The lowest BCUT2D eigenvalue weighted by Gasteiger charge is -2.08. The van der Waals surface area contributed by atoms with Gasteiger partial charge in [0.15, 0.2) is 0 Å². The van der Waals surface area contributed by atoms with E-state index in [1.807, 2.05) is 24.3 Å². The van der Waals surface area contributed by atoms with Crippen molar-refractivity contribution in [1.29, 1.82) is 0 Å². The predicted octanol–water partition coefficient (Wildman–Crippen LogP) is 2.53. The molecule has 3 aromatic rings. The third-order valence-corrected chi connectivity index (χ3v) is 3.58. The molecule has 0 fully saturated rings. The molecular weight excluding hydrogens is 274 g/mol. The quantitative estimate of drug-likeness (QED) is 0.786. The maximum atomic E-state index is 12.1. The van der Waals surface area contributed by atoms with Gasteiger partial charge >= 0.3 is 0 Å². The lowest BCUT2D eigenvalue weighted by atomic mass is 10.0. The highest BCUT2D eigenvalue weighted by Crippen LogP contribution is 2.18. The van der Waals surface area contributed by atoms with Crippen molar-refractivity contribution in [2.24, 2.45) is 0 Å². The Hall–Kier alpha value is -2.75. The zero-order valence-electron chi connectivity index (χ0n) is 12.2. The van der Waals surface area contributed by atoms with Crippen LogP contribution in [0.25, 0.3) is 10.8 Å². The number of aromatic nitrogens is 2. The molecule has 4 heteroatoms. The first-order valence-electron chi connectivity index (χ1n) is 7.30. The van der Waals surface area contributed by atoms with Crippen LogP contribution in [-0.2, 0) is 17.6 Å². The van der Waals surface area contributed by atoms with E-state index in [1.54, 1.807) is 12.4 Å². The van der Waals surface area contributed by atoms with Crippen molar-refractivity contribution in [2.75, 3.05) is 6.54 Å². The Morgan fingerprint density at radius 3 is 2.64 bits per heavy atom. The summed E-state index contributed by atoms with van der Waals surface area (Å²) < 4.78 is 0. The van der Waals surface area contributed by atoms with Gasteiger partial charge in [0.1, 0.15) is 6.33 Å². The number of amides is 1. The van der Waals surface area contributed by atoms with E-state index in [4.69, 9.17) is 0 Å². The Kier molecular flexibility index (Phi) is 4.39. The summed E-state index contributed by atoms with van der Waals surface area (Å²) in [5.41, 5.74) is 2.08. The molecule has 0 aliphatic rings. The summed E-state index contributed by atoms with van der Waals surface area (Å²) in [6.07, 6.45) is 6.17. The second kappa shape index (κ2) is 6.80. The van der Waals surface area contributed by atoms with E-state index in [0.717, 1.165) is 28.3 Å². The first-order valence-corrected chi connectivity index (χ1v) is 7.30. The summed E-state index contributed by atoms with van der Waals surface area (Å²) in [6, 6.07) is 14.2. The molecule has 110 valence electrons. The van der Waals surface area contributed by atoms with Crippen LogP contribution >= 0.6 is 0 Å². The number of carbonyl (C=O) groups excluding carboxylic acids is 1. The van der Waals surface area contributed by atoms with Crippen LogP contribution in [0.5, 0.6) is 0 Å². The van der Waals surface area contributed by atoms with Crippen LogP contribution in [0.15, 0.2) is 61.2 Å². The first-order chi connectivity index (χ1) is 10.8. The van der Waals surface area contributed by atoms with E-state index in [0.29, 0.717) is 13.0 Å².